The van der Waals surface area contributed by atoms with E-state index < -0.39 is 15.6 Å². The van der Waals surface area contributed by atoms with Crippen LogP contribution in [-0.4, -0.2) is 86.9 Å². The fourth-order valence-corrected chi connectivity index (χ4v) is 4.24. The summed E-state index contributed by atoms with van der Waals surface area (Å²) in [6.45, 7) is 6.28. The molecule has 0 unspecified atom stereocenters. The Morgan fingerprint density at radius 2 is 1.76 bits per heavy atom. The van der Waals surface area contributed by atoms with E-state index in [1.54, 1.807) is 4.90 Å². The Balaban J connectivity index is 0.00000312. The number of nitrogens with zero attached hydrogens (tertiary/aromatic N) is 2. The van der Waals surface area contributed by atoms with Gasteiger partial charge in [0.25, 0.3) is 0 Å². The Morgan fingerprint density at radius 3 is 2.28 bits per heavy atom. The monoisotopic (exact) mass is 399 g/mol. The molecule has 1 amide bonds. The van der Waals surface area contributed by atoms with Crippen LogP contribution < -0.4 is 5.73 Å². The molecule has 10 heteroatoms. The molecule has 0 spiro atoms. The molecule has 2 rings (SSSR count). The Labute approximate surface area is 156 Å². The number of halogens is 1. The summed E-state index contributed by atoms with van der Waals surface area (Å²) in [6, 6.07) is 0. The number of amides is 1. The zero-order chi connectivity index (χ0) is 17.8. The first-order chi connectivity index (χ1) is 11.2. The standard InChI is InChI=1S/C15H29N3O5S.ClH/c1-13(2)23-11-12-24(20,21)18-7-5-17(6-8-18)14(19)15(16)3-9-22-10-4-15;/h13H,3-12,16H2,1-2H3;1H. The minimum atomic E-state index is -3.35. The van der Waals surface area contributed by atoms with Crippen molar-refractivity contribution in [1.29, 1.82) is 0 Å². The average molecular weight is 400 g/mol. The van der Waals surface area contributed by atoms with Crippen LogP contribution in [0.15, 0.2) is 0 Å². The molecule has 0 bridgehead atoms. The molecule has 0 atom stereocenters. The summed E-state index contributed by atoms with van der Waals surface area (Å²) in [5.41, 5.74) is 5.36. The van der Waals surface area contributed by atoms with Gasteiger partial charge in [0.15, 0.2) is 0 Å². The first kappa shape index (κ1) is 22.6. The maximum atomic E-state index is 12.6. The Hall–Kier alpha value is -0.450. The van der Waals surface area contributed by atoms with E-state index >= 15 is 0 Å². The second-order valence-electron chi connectivity index (χ2n) is 6.70. The van der Waals surface area contributed by atoms with Gasteiger partial charge in [-0.2, -0.15) is 4.31 Å². The first-order valence-electron chi connectivity index (χ1n) is 8.50. The highest BCUT2D eigenvalue weighted by Crippen LogP contribution is 2.21. The molecule has 2 fully saturated rings. The molecule has 2 aliphatic rings. The fourth-order valence-electron chi connectivity index (χ4n) is 2.95. The summed E-state index contributed by atoms with van der Waals surface area (Å²) in [7, 11) is -3.35. The van der Waals surface area contributed by atoms with Crippen LogP contribution in [0.5, 0.6) is 0 Å². The van der Waals surface area contributed by atoms with Gasteiger partial charge in [-0.1, -0.05) is 0 Å². The van der Waals surface area contributed by atoms with E-state index in [2.05, 4.69) is 0 Å². The summed E-state index contributed by atoms with van der Waals surface area (Å²) in [5, 5.41) is 0. The number of hydrogen-bond acceptors (Lipinski definition) is 6. The Kier molecular flexibility index (Phi) is 8.56. The van der Waals surface area contributed by atoms with E-state index in [0.29, 0.717) is 52.2 Å². The van der Waals surface area contributed by atoms with Gasteiger partial charge in [-0.15, -0.1) is 12.4 Å². The minimum absolute atomic E-state index is 0. The maximum Gasteiger partial charge on any atom is 0.242 e. The van der Waals surface area contributed by atoms with Gasteiger partial charge < -0.3 is 20.1 Å². The molecule has 2 heterocycles. The van der Waals surface area contributed by atoms with E-state index in [4.69, 9.17) is 15.2 Å². The van der Waals surface area contributed by atoms with Crippen molar-refractivity contribution in [3.8, 4) is 0 Å². The van der Waals surface area contributed by atoms with Crippen molar-refractivity contribution in [3.05, 3.63) is 0 Å². The van der Waals surface area contributed by atoms with Crippen LogP contribution in [-0.2, 0) is 24.3 Å². The molecule has 2 saturated heterocycles. The average Bonchev–Trinajstić information content (AvgIpc) is 2.54. The van der Waals surface area contributed by atoms with E-state index in [1.165, 1.54) is 4.31 Å². The molecular weight excluding hydrogens is 370 g/mol. The van der Waals surface area contributed by atoms with Gasteiger partial charge in [-0.3, -0.25) is 4.79 Å². The zero-order valence-electron chi connectivity index (χ0n) is 15.0. The number of piperazine rings is 1. The molecular formula is C15H30ClN3O5S. The quantitative estimate of drug-likeness (QED) is 0.664. The summed E-state index contributed by atoms with van der Waals surface area (Å²) in [5.74, 6) is -0.122. The number of carbonyl (C=O) groups is 1. The minimum Gasteiger partial charge on any atom is -0.381 e. The van der Waals surface area contributed by atoms with Crippen LogP contribution in [0.3, 0.4) is 0 Å². The first-order valence-corrected chi connectivity index (χ1v) is 10.1. The molecule has 0 saturated carbocycles. The predicted octanol–water partition coefficient (Wildman–Crippen LogP) is -0.185. The molecule has 8 nitrogen and oxygen atoms in total. The smallest absolute Gasteiger partial charge is 0.242 e. The van der Waals surface area contributed by atoms with Crippen molar-refractivity contribution in [2.24, 2.45) is 5.73 Å². The van der Waals surface area contributed by atoms with Crippen molar-refractivity contribution in [1.82, 2.24) is 9.21 Å². The molecule has 148 valence electrons. The molecule has 0 aromatic heterocycles. The van der Waals surface area contributed by atoms with Gasteiger partial charge in [-0.25, -0.2) is 8.42 Å². The van der Waals surface area contributed by atoms with Crippen LogP contribution in [0.2, 0.25) is 0 Å². The second-order valence-corrected chi connectivity index (χ2v) is 8.78. The lowest BCUT2D eigenvalue weighted by Gasteiger charge is -2.40. The van der Waals surface area contributed by atoms with Crippen LogP contribution >= 0.6 is 12.4 Å². The van der Waals surface area contributed by atoms with Crippen molar-refractivity contribution in [3.63, 3.8) is 0 Å². The normalized spacial score (nSPS) is 21.8. The topological polar surface area (TPSA) is 102 Å². The van der Waals surface area contributed by atoms with E-state index in [-0.39, 0.29) is 36.8 Å². The SMILES string of the molecule is CC(C)OCCS(=O)(=O)N1CCN(C(=O)C2(N)CCOCC2)CC1.Cl. The van der Waals surface area contributed by atoms with E-state index in [1.807, 2.05) is 13.8 Å². The largest absolute Gasteiger partial charge is 0.381 e. The van der Waals surface area contributed by atoms with Gasteiger partial charge in [0.2, 0.25) is 15.9 Å². The van der Waals surface area contributed by atoms with E-state index in [9.17, 15) is 13.2 Å². The number of sulfonamides is 1. The number of ether oxygens (including phenoxy) is 2. The maximum absolute atomic E-state index is 12.6. The van der Waals surface area contributed by atoms with Crippen molar-refractivity contribution in [2.45, 2.75) is 38.3 Å². The van der Waals surface area contributed by atoms with Gasteiger partial charge in [0.1, 0.15) is 0 Å². The number of rotatable bonds is 6. The van der Waals surface area contributed by atoms with Gasteiger partial charge >= 0.3 is 0 Å². The highest BCUT2D eigenvalue weighted by molar-refractivity contribution is 7.89. The molecule has 0 aromatic carbocycles. The lowest BCUT2D eigenvalue weighted by molar-refractivity contribution is -0.141. The molecule has 0 aliphatic carbocycles. The molecule has 25 heavy (non-hydrogen) atoms. The van der Waals surface area contributed by atoms with Crippen molar-refractivity contribution in [2.75, 3.05) is 51.8 Å². The van der Waals surface area contributed by atoms with Gasteiger partial charge in [0, 0.05) is 39.4 Å². The third-order valence-electron chi connectivity index (χ3n) is 4.52. The lowest BCUT2D eigenvalue weighted by Crippen LogP contribution is -2.61. The summed E-state index contributed by atoms with van der Waals surface area (Å²) in [4.78, 5) is 14.3. The summed E-state index contributed by atoms with van der Waals surface area (Å²) < 4.78 is 36.6. The highest BCUT2D eigenvalue weighted by Gasteiger charge is 2.40. The second kappa shape index (κ2) is 9.48. The number of hydrogen-bond donors (Lipinski definition) is 1. The van der Waals surface area contributed by atoms with Gasteiger partial charge in [-0.05, 0) is 26.7 Å². The van der Waals surface area contributed by atoms with Crippen molar-refractivity contribution >= 4 is 28.3 Å². The summed E-state index contributed by atoms with van der Waals surface area (Å²) >= 11 is 0. The third kappa shape index (κ3) is 6.04. The predicted molar refractivity (Wildman–Crippen MR) is 97.2 cm³/mol. The number of carbonyl (C=O) groups excluding carboxylic acids is 1. The molecule has 0 aromatic rings. The Bertz CT molecular complexity index is 529. The Morgan fingerprint density at radius 1 is 1.20 bits per heavy atom. The van der Waals surface area contributed by atoms with Gasteiger partial charge in [0.05, 0.1) is 24.0 Å². The zero-order valence-corrected chi connectivity index (χ0v) is 16.6. The molecule has 0 radical (unpaired) electrons. The number of nitrogens with two attached hydrogens (primary N) is 1. The van der Waals surface area contributed by atoms with Crippen molar-refractivity contribution < 1.29 is 22.7 Å². The van der Waals surface area contributed by atoms with Crippen LogP contribution in [0, 0.1) is 0 Å². The van der Waals surface area contributed by atoms with E-state index in [0.717, 1.165) is 0 Å². The third-order valence-corrected chi connectivity index (χ3v) is 6.36. The summed E-state index contributed by atoms with van der Waals surface area (Å²) in [6.07, 6.45) is 1.03. The molecule has 2 N–H and O–H groups in total. The van der Waals surface area contributed by atoms with Crippen LogP contribution in [0.1, 0.15) is 26.7 Å². The highest BCUT2D eigenvalue weighted by atomic mass is 35.5. The van der Waals surface area contributed by atoms with Crippen LogP contribution in [0.4, 0.5) is 0 Å². The lowest BCUT2D eigenvalue weighted by atomic mass is 9.89. The van der Waals surface area contributed by atoms with Crippen LogP contribution in [0.25, 0.3) is 0 Å². The molecule has 2 aliphatic heterocycles. The fraction of sp³-hybridized carbons (Fsp3) is 0.933.